The van der Waals surface area contributed by atoms with Crippen LogP contribution in [-0.2, 0) is 14.3 Å². The number of methoxy groups -OCH3 is 1. The zero-order valence-electron chi connectivity index (χ0n) is 11.5. The molecule has 1 aliphatic heterocycles. The molecule has 0 saturated carbocycles. The first-order chi connectivity index (χ1) is 8.24. The summed E-state index contributed by atoms with van der Waals surface area (Å²) in [5.74, 6) is -0.409. The Morgan fingerprint density at radius 1 is 1.39 bits per heavy atom. The van der Waals surface area contributed by atoms with E-state index in [1.54, 1.807) is 20.8 Å². The Hall–Kier alpha value is -1.52. The van der Waals surface area contributed by atoms with Crippen LogP contribution in [0.4, 0.5) is 4.79 Å². The van der Waals surface area contributed by atoms with Crippen LogP contribution in [0, 0.1) is 0 Å². The van der Waals surface area contributed by atoms with Crippen molar-refractivity contribution < 1.29 is 19.1 Å². The van der Waals surface area contributed by atoms with Crippen molar-refractivity contribution >= 4 is 12.1 Å². The van der Waals surface area contributed by atoms with Crippen molar-refractivity contribution in [2.75, 3.05) is 13.7 Å². The number of carbonyl (C=O) groups is 2. The molecular weight excluding hydrogens is 234 g/mol. The monoisotopic (exact) mass is 255 g/mol. The molecule has 1 saturated heterocycles. The normalized spacial score (nSPS) is 20.6. The minimum Gasteiger partial charge on any atom is -0.467 e. The van der Waals surface area contributed by atoms with Gasteiger partial charge >= 0.3 is 12.1 Å². The van der Waals surface area contributed by atoms with E-state index in [1.165, 1.54) is 12.0 Å². The van der Waals surface area contributed by atoms with Crippen LogP contribution < -0.4 is 0 Å². The third kappa shape index (κ3) is 3.75. The van der Waals surface area contributed by atoms with Crippen molar-refractivity contribution in [3.8, 4) is 0 Å². The van der Waals surface area contributed by atoms with Crippen molar-refractivity contribution in [1.29, 1.82) is 0 Å². The number of hydrogen-bond donors (Lipinski definition) is 0. The van der Waals surface area contributed by atoms with Gasteiger partial charge in [-0.3, -0.25) is 4.90 Å². The molecule has 1 fully saturated rings. The Balaban J connectivity index is 2.82. The average Bonchev–Trinajstić information content (AvgIpc) is 2.25. The fourth-order valence-corrected chi connectivity index (χ4v) is 1.82. The van der Waals surface area contributed by atoms with E-state index in [0.717, 1.165) is 12.0 Å². The average molecular weight is 255 g/mol. The maximum absolute atomic E-state index is 12.0. The molecule has 5 nitrogen and oxygen atoms in total. The number of nitrogens with zero attached hydrogens (tertiary/aromatic N) is 1. The topological polar surface area (TPSA) is 55.8 Å². The highest BCUT2D eigenvalue weighted by Crippen LogP contribution is 2.23. The van der Waals surface area contributed by atoms with Gasteiger partial charge in [-0.05, 0) is 33.6 Å². The number of esters is 1. The lowest BCUT2D eigenvalue weighted by Crippen LogP contribution is -2.50. The maximum atomic E-state index is 12.0. The first-order valence-corrected chi connectivity index (χ1v) is 5.98. The van der Waals surface area contributed by atoms with E-state index in [-0.39, 0.29) is 0 Å². The number of ether oxygens (including phenoxy) is 2. The molecule has 0 aromatic rings. The Kier molecular flexibility index (Phi) is 4.38. The quantitative estimate of drug-likeness (QED) is 0.532. The third-order valence-corrected chi connectivity index (χ3v) is 2.64. The molecular formula is C13H21NO4. The zero-order valence-corrected chi connectivity index (χ0v) is 11.5. The number of amides is 1. The van der Waals surface area contributed by atoms with Gasteiger partial charge < -0.3 is 9.47 Å². The highest BCUT2D eigenvalue weighted by atomic mass is 16.6. The third-order valence-electron chi connectivity index (χ3n) is 2.64. The van der Waals surface area contributed by atoms with E-state index in [2.05, 4.69) is 6.58 Å². The van der Waals surface area contributed by atoms with Gasteiger partial charge in [0.2, 0.25) is 0 Å². The van der Waals surface area contributed by atoms with Gasteiger partial charge in [-0.2, -0.15) is 0 Å². The molecule has 1 atom stereocenters. The number of likely N-dealkylation sites (tertiary alicyclic amines) is 1. The Bertz CT molecular complexity index is 356. The molecule has 1 heterocycles. The van der Waals surface area contributed by atoms with Crippen molar-refractivity contribution in [1.82, 2.24) is 4.90 Å². The molecule has 0 N–H and O–H groups in total. The molecule has 0 spiro atoms. The van der Waals surface area contributed by atoms with Crippen molar-refractivity contribution in [2.24, 2.45) is 0 Å². The second-order valence-electron chi connectivity index (χ2n) is 5.44. The van der Waals surface area contributed by atoms with Gasteiger partial charge in [0.05, 0.1) is 7.11 Å². The summed E-state index contributed by atoms with van der Waals surface area (Å²) in [6, 6.07) is -0.574. The van der Waals surface area contributed by atoms with Gasteiger partial charge in [-0.1, -0.05) is 12.2 Å². The summed E-state index contributed by atoms with van der Waals surface area (Å²) < 4.78 is 10.0. The standard InChI is InChI=1S/C13H21NO4/c1-9-6-7-10(11(15)17-5)14(8-9)12(16)18-13(2,3)4/h10H,1,6-8H2,2-5H3. The molecule has 1 unspecified atom stereocenters. The van der Waals surface area contributed by atoms with E-state index in [0.29, 0.717) is 13.0 Å². The highest BCUT2D eigenvalue weighted by molar-refractivity contribution is 5.82. The number of piperidine rings is 1. The van der Waals surface area contributed by atoms with Crippen LogP contribution in [0.1, 0.15) is 33.6 Å². The molecule has 1 aliphatic rings. The summed E-state index contributed by atoms with van der Waals surface area (Å²) in [6.07, 6.45) is 0.753. The predicted octanol–water partition coefficient (Wildman–Crippen LogP) is 2.12. The van der Waals surface area contributed by atoms with E-state index in [9.17, 15) is 9.59 Å². The summed E-state index contributed by atoms with van der Waals surface area (Å²) in [5, 5.41) is 0. The van der Waals surface area contributed by atoms with Crippen LogP contribution in [0.5, 0.6) is 0 Å². The number of hydrogen-bond acceptors (Lipinski definition) is 4. The molecule has 0 aromatic carbocycles. The summed E-state index contributed by atoms with van der Waals surface area (Å²) >= 11 is 0. The van der Waals surface area contributed by atoms with Crippen LogP contribution in [0.25, 0.3) is 0 Å². The second-order valence-corrected chi connectivity index (χ2v) is 5.44. The predicted molar refractivity (Wildman–Crippen MR) is 67.1 cm³/mol. The van der Waals surface area contributed by atoms with Crippen molar-refractivity contribution in [2.45, 2.75) is 45.3 Å². The lowest BCUT2D eigenvalue weighted by atomic mass is 9.99. The van der Waals surface area contributed by atoms with Crippen LogP contribution >= 0.6 is 0 Å². The van der Waals surface area contributed by atoms with Crippen LogP contribution in [0.2, 0.25) is 0 Å². The van der Waals surface area contributed by atoms with Crippen LogP contribution in [0.15, 0.2) is 12.2 Å². The lowest BCUT2D eigenvalue weighted by molar-refractivity contribution is -0.147. The Labute approximate surface area is 108 Å². The zero-order chi connectivity index (χ0) is 13.9. The van der Waals surface area contributed by atoms with E-state index in [1.807, 2.05) is 0 Å². The van der Waals surface area contributed by atoms with Gasteiger partial charge in [-0.15, -0.1) is 0 Å². The molecule has 5 heteroatoms. The van der Waals surface area contributed by atoms with Crippen molar-refractivity contribution in [3.63, 3.8) is 0 Å². The lowest BCUT2D eigenvalue weighted by Gasteiger charge is -2.35. The van der Waals surface area contributed by atoms with Crippen LogP contribution in [0.3, 0.4) is 0 Å². The Morgan fingerprint density at radius 3 is 2.50 bits per heavy atom. The highest BCUT2D eigenvalue weighted by Gasteiger charge is 2.36. The minimum atomic E-state index is -0.587. The molecule has 0 bridgehead atoms. The van der Waals surface area contributed by atoms with Gasteiger partial charge in [0.1, 0.15) is 11.6 Å². The first-order valence-electron chi connectivity index (χ1n) is 5.98. The summed E-state index contributed by atoms with van der Waals surface area (Å²) in [7, 11) is 1.32. The smallest absolute Gasteiger partial charge is 0.411 e. The van der Waals surface area contributed by atoms with E-state index >= 15 is 0 Å². The molecule has 0 aromatic heterocycles. The molecule has 1 rings (SSSR count). The van der Waals surface area contributed by atoms with Crippen LogP contribution in [-0.4, -0.2) is 42.3 Å². The number of carbonyl (C=O) groups excluding carboxylic acids is 2. The fourth-order valence-electron chi connectivity index (χ4n) is 1.82. The molecule has 102 valence electrons. The summed E-state index contributed by atoms with van der Waals surface area (Å²) in [5.41, 5.74) is 0.331. The molecule has 0 aliphatic carbocycles. The van der Waals surface area contributed by atoms with E-state index in [4.69, 9.17) is 9.47 Å². The SMILES string of the molecule is C=C1CCC(C(=O)OC)N(C(=O)OC(C)(C)C)C1. The van der Waals surface area contributed by atoms with E-state index < -0.39 is 23.7 Å². The minimum absolute atomic E-state index is 0.342. The van der Waals surface area contributed by atoms with Gasteiger partial charge in [-0.25, -0.2) is 9.59 Å². The fraction of sp³-hybridized carbons (Fsp3) is 0.692. The van der Waals surface area contributed by atoms with Gasteiger partial charge in [0.25, 0.3) is 0 Å². The summed E-state index contributed by atoms with van der Waals surface area (Å²) in [6.45, 7) is 9.57. The number of rotatable bonds is 1. The molecule has 18 heavy (non-hydrogen) atoms. The maximum Gasteiger partial charge on any atom is 0.411 e. The molecule has 1 amide bonds. The van der Waals surface area contributed by atoms with Gasteiger partial charge in [0.15, 0.2) is 0 Å². The summed E-state index contributed by atoms with van der Waals surface area (Å²) in [4.78, 5) is 25.1. The Morgan fingerprint density at radius 2 is 2.00 bits per heavy atom. The second kappa shape index (κ2) is 5.42. The molecule has 0 radical (unpaired) electrons. The van der Waals surface area contributed by atoms with Crippen molar-refractivity contribution in [3.05, 3.63) is 12.2 Å². The first kappa shape index (κ1) is 14.5. The van der Waals surface area contributed by atoms with Gasteiger partial charge in [0, 0.05) is 6.54 Å². The largest absolute Gasteiger partial charge is 0.467 e.